The Morgan fingerprint density at radius 3 is 2.18 bits per heavy atom. The summed E-state index contributed by atoms with van der Waals surface area (Å²) in [6.07, 6.45) is 2.50. The number of nitrogens with one attached hydrogen (secondary N) is 1. The van der Waals surface area contributed by atoms with Crippen LogP contribution in [0.5, 0.6) is 0 Å². The van der Waals surface area contributed by atoms with Crippen LogP contribution in [0.1, 0.15) is 44.2 Å². The quantitative estimate of drug-likeness (QED) is 0.613. The number of halogens is 1. The summed E-state index contributed by atoms with van der Waals surface area (Å²) >= 11 is 5.97. The molecule has 4 nitrogen and oxygen atoms in total. The second kappa shape index (κ2) is 10.1. The monoisotopic (exact) mass is 421 g/mol. The van der Waals surface area contributed by atoms with E-state index in [0.29, 0.717) is 30.7 Å². The van der Waals surface area contributed by atoms with Crippen molar-refractivity contribution >= 4 is 27.3 Å². The topological polar surface area (TPSA) is 63.2 Å². The molecular weight excluding hydrogens is 394 g/mol. The minimum Gasteiger partial charge on any atom is -0.346 e. The Kier molecular flexibility index (Phi) is 8.08. The molecule has 0 aliphatic carbocycles. The van der Waals surface area contributed by atoms with Gasteiger partial charge in [-0.25, -0.2) is 8.42 Å². The molecule has 0 atom stereocenters. The average molecular weight is 422 g/mol. The van der Waals surface area contributed by atoms with Crippen molar-refractivity contribution in [2.24, 2.45) is 0 Å². The van der Waals surface area contributed by atoms with Crippen molar-refractivity contribution in [2.45, 2.75) is 45.1 Å². The van der Waals surface area contributed by atoms with Crippen LogP contribution in [-0.2, 0) is 26.6 Å². The van der Waals surface area contributed by atoms with Gasteiger partial charge in [0.05, 0.1) is 11.3 Å². The Bertz CT molecular complexity index is 860. The molecule has 2 aromatic rings. The lowest BCUT2D eigenvalue weighted by atomic mass is 9.84. The van der Waals surface area contributed by atoms with Gasteiger partial charge < -0.3 is 5.32 Å². The van der Waals surface area contributed by atoms with Crippen LogP contribution in [0.4, 0.5) is 0 Å². The number of rotatable bonds is 10. The third kappa shape index (κ3) is 6.35. The molecule has 1 N–H and O–H groups in total. The second-order valence-corrected chi connectivity index (χ2v) is 9.65. The van der Waals surface area contributed by atoms with E-state index in [4.69, 9.17) is 11.6 Å². The van der Waals surface area contributed by atoms with Crippen LogP contribution in [0.15, 0.2) is 54.6 Å². The summed E-state index contributed by atoms with van der Waals surface area (Å²) in [5.41, 5.74) is 1.43. The summed E-state index contributed by atoms with van der Waals surface area (Å²) in [6.45, 7) is 3.96. The van der Waals surface area contributed by atoms with Crippen LogP contribution in [0.2, 0.25) is 5.02 Å². The van der Waals surface area contributed by atoms with E-state index in [1.54, 1.807) is 12.1 Å². The first-order chi connectivity index (χ1) is 13.3. The van der Waals surface area contributed by atoms with Crippen molar-refractivity contribution in [1.82, 2.24) is 5.32 Å². The number of hydrogen-bond donors (Lipinski definition) is 1. The molecule has 0 fully saturated rings. The molecule has 0 unspecified atom stereocenters. The van der Waals surface area contributed by atoms with E-state index in [1.165, 1.54) is 0 Å². The maximum atomic E-state index is 12.5. The maximum absolute atomic E-state index is 12.5. The van der Waals surface area contributed by atoms with E-state index >= 15 is 0 Å². The van der Waals surface area contributed by atoms with Crippen molar-refractivity contribution < 1.29 is 13.2 Å². The average Bonchev–Trinajstić information content (AvgIpc) is 2.67. The number of amides is 1. The van der Waals surface area contributed by atoms with Crippen molar-refractivity contribution in [2.75, 3.05) is 11.5 Å². The van der Waals surface area contributed by atoms with Gasteiger partial charge in [-0.15, -0.1) is 0 Å². The van der Waals surface area contributed by atoms with Crippen molar-refractivity contribution in [1.29, 1.82) is 0 Å². The van der Waals surface area contributed by atoms with E-state index in [1.807, 2.05) is 56.3 Å². The molecule has 0 heterocycles. The minimum atomic E-state index is -3.46. The van der Waals surface area contributed by atoms with E-state index in [2.05, 4.69) is 5.32 Å². The molecule has 28 heavy (non-hydrogen) atoms. The van der Waals surface area contributed by atoms with Crippen molar-refractivity contribution in [3.63, 3.8) is 0 Å². The van der Waals surface area contributed by atoms with Crippen molar-refractivity contribution in [3.05, 3.63) is 70.7 Å². The van der Waals surface area contributed by atoms with Gasteiger partial charge in [-0.3, -0.25) is 4.79 Å². The Hall–Kier alpha value is -1.85. The van der Waals surface area contributed by atoms with Gasteiger partial charge in [0.1, 0.15) is 5.75 Å². The van der Waals surface area contributed by atoms with Gasteiger partial charge in [-0.2, -0.15) is 0 Å². The van der Waals surface area contributed by atoms with Gasteiger partial charge in [0, 0.05) is 5.02 Å². The zero-order valence-corrected chi connectivity index (χ0v) is 18.0. The van der Waals surface area contributed by atoms with E-state index < -0.39 is 27.0 Å². The largest absolute Gasteiger partial charge is 0.346 e. The molecule has 2 rings (SSSR count). The number of carbonyl (C=O) groups excluding carboxylic acids is 1. The number of benzene rings is 2. The molecule has 6 heteroatoms. The third-order valence-corrected chi connectivity index (χ3v) is 6.96. The molecule has 0 saturated carbocycles. The molecule has 0 radical (unpaired) electrons. The molecule has 0 spiro atoms. The Balaban J connectivity index is 1.98. The van der Waals surface area contributed by atoms with E-state index in [9.17, 15) is 13.2 Å². The summed E-state index contributed by atoms with van der Waals surface area (Å²) in [4.78, 5) is 12.5. The molecule has 0 bridgehead atoms. The first kappa shape index (κ1) is 22.4. The van der Waals surface area contributed by atoms with Crippen LogP contribution in [0.3, 0.4) is 0 Å². The molecule has 1 amide bonds. The first-order valence-corrected chi connectivity index (χ1v) is 11.8. The van der Waals surface area contributed by atoms with Crippen LogP contribution in [-0.4, -0.2) is 25.8 Å². The predicted molar refractivity (Wildman–Crippen MR) is 115 cm³/mol. The molecule has 0 aliphatic heterocycles. The standard InChI is InChI=1S/C22H28ClNO3S/c1-3-22(4-2,19-12-14-20(23)15-13-19)24-21(25)17-28(26,27)16-8-11-18-9-6-5-7-10-18/h5-7,9-10,12-15H,3-4,8,11,16-17H2,1-2H3,(H,24,25). The fourth-order valence-electron chi connectivity index (χ4n) is 3.39. The lowest BCUT2D eigenvalue weighted by molar-refractivity contribution is -0.120. The fraction of sp³-hybridized carbons (Fsp3) is 0.409. The van der Waals surface area contributed by atoms with Crippen LogP contribution < -0.4 is 5.32 Å². The number of carbonyl (C=O) groups is 1. The van der Waals surface area contributed by atoms with Crippen molar-refractivity contribution in [3.8, 4) is 0 Å². The van der Waals surface area contributed by atoms with Crippen LogP contribution in [0, 0.1) is 0 Å². The van der Waals surface area contributed by atoms with Gasteiger partial charge in [0.25, 0.3) is 0 Å². The third-order valence-electron chi connectivity index (χ3n) is 5.10. The summed E-state index contributed by atoms with van der Waals surface area (Å²) in [5.74, 6) is -0.947. The number of hydrogen-bond acceptors (Lipinski definition) is 3. The first-order valence-electron chi connectivity index (χ1n) is 9.61. The number of sulfone groups is 1. The van der Waals surface area contributed by atoms with Gasteiger partial charge in [-0.05, 0) is 48.9 Å². The highest BCUT2D eigenvalue weighted by atomic mass is 35.5. The number of aryl methyl sites for hydroxylation is 1. The molecule has 0 aromatic heterocycles. The van der Waals surface area contributed by atoms with Gasteiger partial charge >= 0.3 is 0 Å². The van der Waals surface area contributed by atoms with Crippen LogP contribution >= 0.6 is 11.6 Å². The molecular formula is C22H28ClNO3S. The molecule has 152 valence electrons. The van der Waals surface area contributed by atoms with Gasteiger partial charge in [-0.1, -0.05) is 67.9 Å². The zero-order chi connectivity index (χ0) is 20.6. The SMILES string of the molecule is CCC(CC)(NC(=O)CS(=O)(=O)CCCc1ccccc1)c1ccc(Cl)cc1. The Morgan fingerprint density at radius 1 is 1.00 bits per heavy atom. The van der Waals surface area contributed by atoms with E-state index in [0.717, 1.165) is 11.1 Å². The highest BCUT2D eigenvalue weighted by Crippen LogP contribution is 2.29. The highest BCUT2D eigenvalue weighted by Gasteiger charge is 2.31. The highest BCUT2D eigenvalue weighted by molar-refractivity contribution is 7.92. The molecule has 0 saturated heterocycles. The minimum absolute atomic E-state index is 0.00150. The van der Waals surface area contributed by atoms with Gasteiger partial charge in [0.15, 0.2) is 9.84 Å². The smallest absolute Gasteiger partial charge is 0.235 e. The second-order valence-electron chi connectivity index (χ2n) is 7.03. The van der Waals surface area contributed by atoms with E-state index in [-0.39, 0.29) is 5.75 Å². The maximum Gasteiger partial charge on any atom is 0.235 e. The normalized spacial score (nSPS) is 12.0. The molecule has 0 aliphatic rings. The Morgan fingerprint density at radius 2 is 1.61 bits per heavy atom. The van der Waals surface area contributed by atoms with Gasteiger partial charge in [0.2, 0.25) is 5.91 Å². The summed E-state index contributed by atoms with van der Waals surface area (Å²) in [7, 11) is -3.46. The molecule has 2 aromatic carbocycles. The Labute approximate surface area is 173 Å². The predicted octanol–water partition coefficient (Wildman–Crippen LogP) is 4.52. The lowest BCUT2D eigenvalue weighted by Gasteiger charge is -2.33. The zero-order valence-electron chi connectivity index (χ0n) is 16.4. The fourth-order valence-corrected chi connectivity index (χ4v) is 4.72. The summed E-state index contributed by atoms with van der Waals surface area (Å²) in [6, 6.07) is 17.1. The van der Waals surface area contributed by atoms with Crippen LogP contribution in [0.25, 0.3) is 0 Å². The summed E-state index contributed by atoms with van der Waals surface area (Å²) in [5, 5.41) is 3.59. The summed E-state index contributed by atoms with van der Waals surface area (Å²) < 4.78 is 24.8. The lowest BCUT2D eigenvalue weighted by Crippen LogP contribution is -2.47.